The van der Waals surface area contributed by atoms with Crippen molar-refractivity contribution in [1.82, 2.24) is 4.98 Å². The lowest BCUT2D eigenvalue weighted by Crippen LogP contribution is -2.22. The molecule has 1 aromatic heterocycles. The van der Waals surface area contributed by atoms with Crippen LogP contribution < -0.4 is 0 Å². The normalized spacial score (nSPS) is 13.1. The highest BCUT2D eigenvalue weighted by Crippen LogP contribution is 2.27. The largest absolute Gasteiger partial charge is 0.481 e. The van der Waals surface area contributed by atoms with Crippen LogP contribution >= 0.6 is 0 Å². The summed E-state index contributed by atoms with van der Waals surface area (Å²) in [5.74, 6) is -0.909. The first kappa shape index (κ1) is 12.7. The fourth-order valence-corrected chi connectivity index (χ4v) is 2.43. The molecule has 1 unspecified atom stereocenters. The van der Waals surface area contributed by atoms with Gasteiger partial charge in [0.25, 0.3) is 0 Å². The highest BCUT2D eigenvalue weighted by molar-refractivity contribution is 5.85. The lowest BCUT2D eigenvalue weighted by atomic mass is 9.88. The molecule has 3 heteroatoms. The summed E-state index contributed by atoms with van der Waals surface area (Å²) in [7, 11) is 0. The molecule has 0 spiro atoms. The average Bonchev–Trinajstić information content (AvgIpc) is 2.61. The molecule has 1 aromatic carbocycles. The lowest BCUT2D eigenvalue weighted by Gasteiger charge is -2.16. The third-order valence-corrected chi connectivity index (χ3v) is 3.57. The van der Waals surface area contributed by atoms with Crippen molar-refractivity contribution >= 4 is 16.9 Å². The Morgan fingerprint density at radius 3 is 2.61 bits per heavy atom. The Labute approximate surface area is 107 Å². The van der Waals surface area contributed by atoms with Crippen molar-refractivity contribution in [2.75, 3.05) is 0 Å². The summed E-state index contributed by atoms with van der Waals surface area (Å²) in [6.07, 6.45) is 0.586. The minimum Gasteiger partial charge on any atom is -0.481 e. The zero-order valence-corrected chi connectivity index (χ0v) is 11.0. The first-order valence-corrected chi connectivity index (χ1v) is 6.29. The Hall–Kier alpha value is -1.77. The van der Waals surface area contributed by atoms with Crippen molar-refractivity contribution in [3.8, 4) is 0 Å². The standard InChI is InChI=1S/C15H19NO2/c1-9(2)12(15(17)18)8-13-10(3)16-14-7-5-4-6-11(13)14/h4-7,9,12,16H,8H2,1-3H3,(H,17,18). The van der Waals surface area contributed by atoms with Gasteiger partial charge in [-0.2, -0.15) is 0 Å². The molecule has 0 radical (unpaired) electrons. The second kappa shape index (κ2) is 4.84. The second-order valence-corrected chi connectivity index (χ2v) is 5.17. The van der Waals surface area contributed by atoms with Gasteiger partial charge in [-0.3, -0.25) is 4.79 Å². The monoisotopic (exact) mass is 245 g/mol. The zero-order valence-electron chi connectivity index (χ0n) is 11.0. The molecule has 0 bridgehead atoms. The van der Waals surface area contributed by atoms with Crippen molar-refractivity contribution in [3.05, 3.63) is 35.5 Å². The molecule has 18 heavy (non-hydrogen) atoms. The molecule has 1 atom stereocenters. The Balaban J connectivity index is 2.42. The number of aromatic amines is 1. The summed E-state index contributed by atoms with van der Waals surface area (Å²) < 4.78 is 0. The maximum Gasteiger partial charge on any atom is 0.307 e. The van der Waals surface area contributed by atoms with Gasteiger partial charge in [0, 0.05) is 16.6 Å². The zero-order chi connectivity index (χ0) is 13.3. The number of carbonyl (C=O) groups is 1. The Bertz CT molecular complexity index is 569. The predicted octanol–water partition coefficient (Wildman–Crippen LogP) is 3.38. The molecule has 0 saturated carbocycles. The van der Waals surface area contributed by atoms with Gasteiger partial charge in [0.1, 0.15) is 0 Å². The van der Waals surface area contributed by atoms with Crippen molar-refractivity contribution in [2.45, 2.75) is 27.2 Å². The maximum absolute atomic E-state index is 11.3. The molecule has 0 fully saturated rings. The Kier molecular flexibility index (Phi) is 3.41. The number of carboxylic acid groups (broad SMARTS) is 1. The van der Waals surface area contributed by atoms with Crippen LogP contribution in [0.1, 0.15) is 25.1 Å². The number of benzene rings is 1. The molecule has 0 amide bonds. The topological polar surface area (TPSA) is 53.1 Å². The van der Waals surface area contributed by atoms with Gasteiger partial charge in [0.05, 0.1) is 5.92 Å². The summed E-state index contributed by atoms with van der Waals surface area (Å²) in [6.45, 7) is 5.93. The Morgan fingerprint density at radius 1 is 1.33 bits per heavy atom. The summed E-state index contributed by atoms with van der Waals surface area (Å²) in [5.41, 5.74) is 3.28. The van der Waals surface area contributed by atoms with Crippen LogP contribution in [-0.4, -0.2) is 16.1 Å². The van der Waals surface area contributed by atoms with Crippen LogP contribution in [0.5, 0.6) is 0 Å². The molecule has 3 nitrogen and oxygen atoms in total. The van der Waals surface area contributed by atoms with Gasteiger partial charge in [-0.1, -0.05) is 32.0 Å². The molecule has 2 N–H and O–H groups in total. The fraction of sp³-hybridized carbons (Fsp3) is 0.400. The van der Waals surface area contributed by atoms with Crippen molar-refractivity contribution in [3.63, 3.8) is 0 Å². The fourth-order valence-electron chi connectivity index (χ4n) is 2.43. The van der Waals surface area contributed by atoms with E-state index in [-0.39, 0.29) is 11.8 Å². The second-order valence-electron chi connectivity index (χ2n) is 5.17. The predicted molar refractivity (Wildman–Crippen MR) is 72.7 cm³/mol. The van der Waals surface area contributed by atoms with E-state index in [2.05, 4.69) is 4.98 Å². The molecule has 2 aromatic rings. The van der Waals surface area contributed by atoms with Crippen LogP contribution in [-0.2, 0) is 11.2 Å². The molecule has 1 heterocycles. The van der Waals surface area contributed by atoms with E-state index < -0.39 is 5.97 Å². The van der Waals surface area contributed by atoms with Gasteiger partial charge in [0.15, 0.2) is 0 Å². The number of aliphatic carboxylic acids is 1. The van der Waals surface area contributed by atoms with E-state index in [4.69, 9.17) is 0 Å². The number of nitrogens with one attached hydrogen (secondary N) is 1. The minimum absolute atomic E-state index is 0.135. The number of carboxylic acids is 1. The third-order valence-electron chi connectivity index (χ3n) is 3.57. The number of fused-ring (bicyclic) bond motifs is 1. The van der Waals surface area contributed by atoms with Crippen LogP contribution in [0.2, 0.25) is 0 Å². The first-order chi connectivity index (χ1) is 8.50. The van der Waals surface area contributed by atoms with E-state index in [1.807, 2.05) is 45.0 Å². The van der Waals surface area contributed by atoms with Crippen molar-refractivity contribution < 1.29 is 9.90 Å². The number of aromatic nitrogens is 1. The molecule has 0 aliphatic rings. The van der Waals surface area contributed by atoms with Crippen LogP contribution in [0, 0.1) is 18.8 Å². The number of aryl methyl sites for hydroxylation is 1. The number of hydrogen-bond acceptors (Lipinski definition) is 1. The smallest absolute Gasteiger partial charge is 0.307 e. The highest BCUT2D eigenvalue weighted by atomic mass is 16.4. The summed E-state index contributed by atoms with van der Waals surface area (Å²) in [6, 6.07) is 8.05. The number of hydrogen-bond donors (Lipinski definition) is 2. The molecule has 0 aliphatic heterocycles. The van der Waals surface area contributed by atoms with E-state index in [1.165, 1.54) is 0 Å². The van der Waals surface area contributed by atoms with E-state index in [9.17, 15) is 9.90 Å². The lowest BCUT2D eigenvalue weighted by molar-refractivity contribution is -0.143. The van der Waals surface area contributed by atoms with E-state index >= 15 is 0 Å². The summed E-state index contributed by atoms with van der Waals surface area (Å²) in [4.78, 5) is 14.6. The van der Waals surface area contributed by atoms with E-state index in [1.54, 1.807) is 0 Å². The number of rotatable bonds is 4. The van der Waals surface area contributed by atoms with E-state index in [0.717, 1.165) is 22.2 Å². The number of para-hydroxylation sites is 1. The molecule has 2 rings (SSSR count). The third kappa shape index (κ3) is 2.26. The molecule has 0 saturated heterocycles. The van der Waals surface area contributed by atoms with Gasteiger partial charge in [-0.25, -0.2) is 0 Å². The van der Waals surface area contributed by atoms with E-state index in [0.29, 0.717) is 6.42 Å². The van der Waals surface area contributed by atoms with Crippen LogP contribution in [0.3, 0.4) is 0 Å². The number of H-pyrrole nitrogens is 1. The SMILES string of the molecule is Cc1[nH]c2ccccc2c1CC(C(=O)O)C(C)C. The van der Waals surface area contributed by atoms with Crippen LogP contribution in [0.25, 0.3) is 10.9 Å². The first-order valence-electron chi connectivity index (χ1n) is 6.29. The average molecular weight is 245 g/mol. The van der Waals surface area contributed by atoms with Crippen LogP contribution in [0.15, 0.2) is 24.3 Å². The molecule has 0 aliphatic carbocycles. The van der Waals surface area contributed by atoms with Gasteiger partial charge in [-0.05, 0) is 30.9 Å². The minimum atomic E-state index is -0.713. The van der Waals surface area contributed by atoms with Gasteiger partial charge in [0.2, 0.25) is 0 Å². The molecular weight excluding hydrogens is 226 g/mol. The van der Waals surface area contributed by atoms with Gasteiger partial charge in [-0.15, -0.1) is 0 Å². The molecule has 96 valence electrons. The van der Waals surface area contributed by atoms with Gasteiger partial charge < -0.3 is 10.1 Å². The quantitative estimate of drug-likeness (QED) is 0.867. The van der Waals surface area contributed by atoms with Gasteiger partial charge >= 0.3 is 5.97 Å². The summed E-state index contributed by atoms with van der Waals surface area (Å²) >= 11 is 0. The molecular formula is C15H19NO2. The maximum atomic E-state index is 11.3. The van der Waals surface area contributed by atoms with Crippen molar-refractivity contribution in [1.29, 1.82) is 0 Å². The Morgan fingerprint density at radius 2 is 2.00 bits per heavy atom. The van der Waals surface area contributed by atoms with Crippen LogP contribution in [0.4, 0.5) is 0 Å². The highest BCUT2D eigenvalue weighted by Gasteiger charge is 2.24. The summed E-state index contributed by atoms with van der Waals surface area (Å²) in [5, 5.41) is 10.4. The van der Waals surface area contributed by atoms with Crippen molar-refractivity contribution in [2.24, 2.45) is 11.8 Å².